The summed E-state index contributed by atoms with van der Waals surface area (Å²) >= 11 is 1.81. The first-order valence-corrected chi connectivity index (χ1v) is 8.21. The minimum absolute atomic E-state index is 0.748. The van der Waals surface area contributed by atoms with E-state index in [1.54, 1.807) is 0 Å². The maximum Gasteiger partial charge on any atom is 0.0794 e. The Bertz CT molecular complexity index is 315. The Morgan fingerprint density at radius 2 is 2.11 bits per heavy atom. The van der Waals surface area contributed by atoms with Crippen molar-refractivity contribution in [3.63, 3.8) is 0 Å². The molecule has 3 heteroatoms. The van der Waals surface area contributed by atoms with Gasteiger partial charge in [0.15, 0.2) is 0 Å². The highest BCUT2D eigenvalue weighted by atomic mass is 32.1. The van der Waals surface area contributed by atoms with Gasteiger partial charge in [-0.05, 0) is 37.3 Å². The molecular formula is C15H26N2S. The Hall–Kier alpha value is -0.410. The molecule has 1 saturated carbocycles. The van der Waals surface area contributed by atoms with Gasteiger partial charge in [-0.15, -0.1) is 11.3 Å². The molecule has 18 heavy (non-hydrogen) atoms. The second kappa shape index (κ2) is 7.25. The third kappa shape index (κ3) is 4.36. The van der Waals surface area contributed by atoms with Crippen LogP contribution < -0.4 is 5.32 Å². The van der Waals surface area contributed by atoms with Gasteiger partial charge in [-0.1, -0.05) is 39.5 Å². The van der Waals surface area contributed by atoms with Crippen LogP contribution in [0.25, 0.3) is 0 Å². The van der Waals surface area contributed by atoms with E-state index in [0.717, 1.165) is 24.3 Å². The van der Waals surface area contributed by atoms with Crippen LogP contribution in [0.3, 0.4) is 0 Å². The molecule has 1 aromatic heterocycles. The summed E-state index contributed by atoms with van der Waals surface area (Å²) in [5.74, 6) is 2.50. The van der Waals surface area contributed by atoms with Crippen LogP contribution >= 0.6 is 11.3 Å². The fourth-order valence-electron chi connectivity index (χ4n) is 2.99. The number of hydrogen-bond acceptors (Lipinski definition) is 3. The summed E-state index contributed by atoms with van der Waals surface area (Å²) in [5.41, 5.74) is 1.96. The average Bonchev–Trinajstić information content (AvgIpc) is 3.00. The van der Waals surface area contributed by atoms with Crippen molar-refractivity contribution in [3.8, 4) is 0 Å². The minimum Gasteiger partial charge on any atom is -0.316 e. The van der Waals surface area contributed by atoms with E-state index in [-0.39, 0.29) is 0 Å². The van der Waals surface area contributed by atoms with Crippen molar-refractivity contribution in [3.05, 3.63) is 16.6 Å². The van der Waals surface area contributed by atoms with Crippen molar-refractivity contribution in [2.75, 3.05) is 13.1 Å². The molecule has 0 spiro atoms. The summed E-state index contributed by atoms with van der Waals surface area (Å²) in [4.78, 5) is 5.67. The van der Waals surface area contributed by atoms with Crippen LogP contribution in [0.15, 0.2) is 11.7 Å². The van der Waals surface area contributed by atoms with Crippen LogP contribution in [0, 0.1) is 17.8 Å². The zero-order chi connectivity index (χ0) is 12.8. The first-order chi connectivity index (χ1) is 8.75. The number of thiazole rings is 1. The molecule has 1 heterocycles. The van der Waals surface area contributed by atoms with Gasteiger partial charge in [-0.2, -0.15) is 0 Å². The van der Waals surface area contributed by atoms with E-state index < -0.39 is 0 Å². The van der Waals surface area contributed by atoms with Gasteiger partial charge in [0.1, 0.15) is 0 Å². The van der Waals surface area contributed by atoms with E-state index in [1.807, 2.05) is 16.8 Å². The maximum atomic E-state index is 4.21. The van der Waals surface area contributed by atoms with Crippen molar-refractivity contribution in [1.29, 1.82) is 0 Å². The summed E-state index contributed by atoms with van der Waals surface area (Å²) in [6.07, 6.45) is 9.03. The normalized spacial score (nSPS) is 18.6. The van der Waals surface area contributed by atoms with Crippen molar-refractivity contribution >= 4 is 11.3 Å². The third-order valence-corrected chi connectivity index (χ3v) is 4.77. The van der Waals surface area contributed by atoms with Crippen LogP contribution in [0.2, 0.25) is 0 Å². The molecule has 1 aliphatic carbocycles. The number of rotatable bonds is 7. The van der Waals surface area contributed by atoms with Crippen molar-refractivity contribution in [2.24, 2.45) is 17.8 Å². The van der Waals surface area contributed by atoms with Crippen LogP contribution in [0.1, 0.15) is 44.4 Å². The summed E-state index contributed by atoms with van der Waals surface area (Å²) in [7, 11) is 0. The molecule has 1 unspecified atom stereocenters. The molecule has 0 aromatic carbocycles. The lowest BCUT2D eigenvalue weighted by Gasteiger charge is -2.24. The minimum atomic E-state index is 0.748. The fraction of sp³-hybridized carbons (Fsp3) is 0.800. The molecule has 1 atom stereocenters. The number of hydrogen-bond donors (Lipinski definition) is 1. The lowest BCUT2D eigenvalue weighted by atomic mass is 9.87. The van der Waals surface area contributed by atoms with Crippen LogP contribution in [-0.4, -0.2) is 18.1 Å². The molecule has 2 nitrogen and oxygen atoms in total. The molecule has 2 rings (SSSR count). The Balaban J connectivity index is 1.85. The molecule has 0 saturated heterocycles. The Morgan fingerprint density at radius 3 is 2.72 bits per heavy atom. The summed E-state index contributed by atoms with van der Waals surface area (Å²) in [6, 6.07) is 0. The molecular weight excluding hydrogens is 240 g/mol. The van der Waals surface area contributed by atoms with Gasteiger partial charge in [-0.25, -0.2) is 0 Å². The molecule has 0 amide bonds. The molecule has 0 aliphatic heterocycles. The van der Waals surface area contributed by atoms with E-state index >= 15 is 0 Å². The molecule has 1 aliphatic rings. The highest BCUT2D eigenvalue weighted by Gasteiger charge is 2.25. The SMILES string of the molecule is CC(C)CNCC(Cc1cncs1)C1CCCC1. The smallest absolute Gasteiger partial charge is 0.0794 e. The number of nitrogens with zero attached hydrogens (tertiary/aromatic N) is 1. The van der Waals surface area contributed by atoms with Crippen LogP contribution in [0.5, 0.6) is 0 Å². The molecule has 102 valence electrons. The second-order valence-corrected chi connectivity index (χ2v) is 7.00. The van der Waals surface area contributed by atoms with E-state index in [1.165, 1.54) is 43.5 Å². The predicted octanol–water partition coefficient (Wildman–Crippen LogP) is 3.74. The van der Waals surface area contributed by atoms with Crippen LogP contribution in [0.4, 0.5) is 0 Å². The van der Waals surface area contributed by atoms with Gasteiger partial charge in [0, 0.05) is 11.1 Å². The van der Waals surface area contributed by atoms with Gasteiger partial charge < -0.3 is 5.32 Å². The Labute approximate surface area is 115 Å². The monoisotopic (exact) mass is 266 g/mol. The summed E-state index contributed by atoms with van der Waals surface area (Å²) in [5, 5.41) is 3.66. The van der Waals surface area contributed by atoms with Gasteiger partial charge in [0.2, 0.25) is 0 Å². The fourth-order valence-corrected chi connectivity index (χ4v) is 3.68. The van der Waals surface area contributed by atoms with Crippen LogP contribution in [-0.2, 0) is 6.42 Å². The Kier molecular flexibility index (Phi) is 5.64. The standard InChI is InChI=1S/C15H26N2S/c1-12(2)8-16-9-14(13-5-3-4-6-13)7-15-10-17-11-18-15/h10-14,16H,3-9H2,1-2H3. The highest BCUT2D eigenvalue weighted by Crippen LogP contribution is 2.33. The highest BCUT2D eigenvalue weighted by molar-refractivity contribution is 7.09. The van der Waals surface area contributed by atoms with Gasteiger partial charge in [-0.3, -0.25) is 4.98 Å². The molecule has 1 N–H and O–H groups in total. The van der Waals surface area contributed by atoms with Crippen molar-refractivity contribution in [2.45, 2.75) is 46.0 Å². The van der Waals surface area contributed by atoms with E-state index in [2.05, 4.69) is 30.3 Å². The van der Waals surface area contributed by atoms with Gasteiger partial charge in [0.05, 0.1) is 5.51 Å². The van der Waals surface area contributed by atoms with E-state index in [0.29, 0.717) is 0 Å². The van der Waals surface area contributed by atoms with Crippen molar-refractivity contribution < 1.29 is 0 Å². The first-order valence-electron chi connectivity index (χ1n) is 7.33. The summed E-state index contributed by atoms with van der Waals surface area (Å²) < 4.78 is 0. The first kappa shape index (κ1) is 14.0. The molecule has 1 fully saturated rings. The second-order valence-electron chi connectivity index (χ2n) is 6.03. The summed E-state index contributed by atoms with van der Waals surface area (Å²) in [6.45, 7) is 6.88. The predicted molar refractivity (Wildman–Crippen MR) is 79.0 cm³/mol. The zero-order valence-corrected chi connectivity index (χ0v) is 12.5. The lowest BCUT2D eigenvalue weighted by molar-refractivity contribution is 0.317. The Morgan fingerprint density at radius 1 is 1.33 bits per heavy atom. The van der Waals surface area contributed by atoms with Crippen molar-refractivity contribution in [1.82, 2.24) is 10.3 Å². The number of aromatic nitrogens is 1. The number of nitrogens with one attached hydrogen (secondary N) is 1. The topological polar surface area (TPSA) is 24.9 Å². The van der Waals surface area contributed by atoms with E-state index in [4.69, 9.17) is 0 Å². The van der Waals surface area contributed by atoms with Gasteiger partial charge in [0.25, 0.3) is 0 Å². The maximum absolute atomic E-state index is 4.21. The zero-order valence-electron chi connectivity index (χ0n) is 11.7. The molecule has 1 aromatic rings. The lowest BCUT2D eigenvalue weighted by Crippen LogP contribution is -2.31. The largest absolute Gasteiger partial charge is 0.316 e. The average molecular weight is 266 g/mol. The van der Waals surface area contributed by atoms with E-state index in [9.17, 15) is 0 Å². The molecule has 0 radical (unpaired) electrons. The van der Waals surface area contributed by atoms with Gasteiger partial charge >= 0.3 is 0 Å². The third-order valence-electron chi connectivity index (χ3n) is 3.97. The molecule has 0 bridgehead atoms. The quantitative estimate of drug-likeness (QED) is 0.813.